The number of anilines is 1. The summed E-state index contributed by atoms with van der Waals surface area (Å²) in [5, 5.41) is 12.3. The highest BCUT2D eigenvalue weighted by Gasteiger charge is 2.29. The maximum absolute atomic E-state index is 11.3. The van der Waals surface area contributed by atoms with Gasteiger partial charge in [-0.2, -0.15) is 0 Å². The van der Waals surface area contributed by atoms with Crippen LogP contribution >= 0.6 is 0 Å². The lowest BCUT2D eigenvalue weighted by atomic mass is 9.82. The molecular weight excluding hydrogens is 316 g/mol. The number of carbonyl (C=O) groups is 1. The molecule has 1 fully saturated rings. The summed E-state index contributed by atoms with van der Waals surface area (Å²) >= 11 is 0. The Morgan fingerprint density at radius 2 is 1.96 bits per heavy atom. The van der Waals surface area contributed by atoms with Crippen LogP contribution in [0.15, 0.2) is 24.3 Å². The number of piperidine rings is 1. The van der Waals surface area contributed by atoms with Crippen molar-refractivity contribution in [2.24, 2.45) is 11.7 Å². The fraction of sp³-hybridized carbons (Fsp3) is 0.556. The van der Waals surface area contributed by atoms with E-state index >= 15 is 0 Å². The highest BCUT2D eigenvalue weighted by molar-refractivity contribution is 5.76. The fourth-order valence-electron chi connectivity index (χ4n) is 3.68. The lowest BCUT2D eigenvalue weighted by Gasteiger charge is -2.32. The van der Waals surface area contributed by atoms with E-state index in [2.05, 4.69) is 65.5 Å². The van der Waals surface area contributed by atoms with Gasteiger partial charge in [0.05, 0.1) is 6.54 Å². The number of benzene rings is 1. The summed E-state index contributed by atoms with van der Waals surface area (Å²) in [5.74, 6) is 0.522. The van der Waals surface area contributed by atoms with E-state index < -0.39 is 0 Å². The van der Waals surface area contributed by atoms with Crippen LogP contribution in [-0.4, -0.2) is 39.2 Å². The molecule has 1 aromatic carbocycles. The summed E-state index contributed by atoms with van der Waals surface area (Å²) in [6.45, 7) is 8.74. The van der Waals surface area contributed by atoms with E-state index in [4.69, 9.17) is 5.73 Å². The Balaban J connectivity index is 1.76. The van der Waals surface area contributed by atoms with E-state index in [-0.39, 0.29) is 17.2 Å². The van der Waals surface area contributed by atoms with Gasteiger partial charge >= 0.3 is 0 Å². The summed E-state index contributed by atoms with van der Waals surface area (Å²) in [4.78, 5) is 13.5. The SMILES string of the molecule is Cc1ccccc1C(C)(C)Cn1nnnc1N1CCC(C(N)=O)CC1. The number of nitrogens with two attached hydrogens (primary N) is 1. The van der Waals surface area contributed by atoms with Gasteiger partial charge in [0, 0.05) is 24.4 Å². The first-order valence-electron chi connectivity index (χ1n) is 8.75. The van der Waals surface area contributed by atoms with Crippen molar-refractivity contribution in [1.29, 1.82) is 0 Å². The topological polar surface area (TPSA) is 89.9 Å². The summed E-state index contributed by atoms with van der Waals surface area (Å²) in [7, 11) is 0. The molecule has 3 rings (SSSR count). The number of aromatic nitrogens is 4. The zero-order chi connectivity index (χ0) is 18.0. The van der Waals surface area contributed by atoms with Gasteiger partial charge in [-0.05, 0) is 41.3 Å². The second-order valence-electron chi connectivity index (χ2n) is 7.50. The quantitative estimate of drug-likeness (QED) is 0.892. The Morgan fingerprint density at radius 3 is 2.60 bits per heavy atom. The Kier molecular flexibility index (Phi) is 4.74. The number of hydrogen-bond acceptors (Lipinski definition) is 5. The monoisotopic (exact) mass is 342 g/mol. The molecule has 1 aromatic heterocycles. The molecule has 1 aliphatic rings. The van der Waals surface area contributed by atoms with Gasteiger partial charge in [-0.25, -0.2) is 4.68 Å². The third-order valence-corrected chi connectivity index (χ3v) is 5.11. The minimum atomic E-state index is -0.208. The molecule has 1 aliphatic heterocycles. The molecule has 0 bridgehead atoms. The van der Waals surface area contributed by atoms with E-state index in [0.717, 1.165) is 31.9 Å². The minimum absolute atomic E-state index is 0.0380. The number of rotatable bonds is 5. The molecule has 0 unspecified atom stereocenters. The number of tetrazole rings is 1. The van der Waals surface area contributed by atoms with Crippen LogP contribution in [0.5, 0.6) is 0 Å². The molecule has 134 valence electrons. The molecule has 0 saturated carbocycles. The van der Waals surface area contributed by atoms with Crippen molar-refractivity contribution >= 4 is 11.9 Å². The summed E-state index contributed by atoms with van der Waals surface area (Å²) in [6, 6.07) is 8.42. The van der Waals surface area contributed by atoms with Crippen LogP contribution in [0, 0.1) is 12.8 Å². The van der Waals surface area contributed by atoms with Crippen molar-refractivity contribution in [3.8, 4) is 0 Å². The van der Waals surface area contributed by atoms with Gasteiger partial charge in [-0.15, -0.1) is 0 Å². The van der Waals surface area contributed by atoms with Gasteiger partial charge in [-0.1, -0.05) is 43.2 Å². The van der Waals surface area contributed by atoms with Crippen molar-refractivity contribution in [2.45, 2.75) is 45.6 Å². The molecule has 0 radical (unpaired) electrons. The van der Waals surface area contributed by atoms with Gasteiger partial charge in [0.2, 0.25) is 11.9 Å². The molecule has 2 N–H and O–H groups in total. The van der Waals surface area contributed by atoms with Gasteiger partial charge in [0.1, 0.15) is 0 Å². The van der Waals surface area contributed by atoms with Crippen LogP contribution in [0.2, 0.25) is 0 Å². The molecule has 7 nitrogen and oxygen atoms in total. The van der Waals surface area contributed by atoms with E-state index in [1.165, 1.54) is 11.1 Å². The maximum Gasteiger partial charge on any atom is 0.245 e. The van der Waals surface area contributed by atoms with Gasteiger partial charge in [0.25, 0.3) is 0 Å². The molecule has 1 amide bonds. The van der Waals surface area contributed by atoms with Gasteiger partial charge in [-0.3, -0.25) is 4.79 Å². The normalized spacial score (nSPS) is 16.2. The average Bonchev–Trinajstić information content (AvgIpc) is 3.02. The maximum atomic E-state index is 11.3. The van der Waals surface area contributed by atoms with Crippen molar-refractivity contribution < 1.29 is 4.79 Å². The molecule has 1 saturated heterocycles. The number of hydrogen-bond donors (Lipinski definition) is 1. The summed E-state index contributed by atoms with van der Waals surface area (Å²) in [6.07, 6.45) is 1.51. The average molecular weight is 342 g/mol. The number of nitrogens with zero attached hydrogens (tertiary/aromatic N) is 5. The van der Waals surface area contributed by atoms with E-state index in [1.807, 2.05) is 4.68 Å². The van der Waals surface area contributed by atoms with Crippen LogP contribution < -0.4 is 10.6 Å². The highest BCUT2D eigenvalue weighted by atomic mass is 16.1. The lowest BCUT2D eigenvalue weighted by molar-refractivity contribution is -0.122. The molecule has 7 heteroatoms. The van der Waals surface area contributed by atoms with E-state index in [1.54, 1.807) is 0 Å². The molecule has 0 atom stereocenters. The number of primary amides is 1. The van der Waals surface area contributed by atoms with Crippen LogP contribution in [-0.2, 0) is 16.8 Å². The molecule has 2 aromatic rings. The molecule has 2 heterocycles. The number of aryl methyl sites for hydroxylation is 1. The Morgan fingerprint density at radius 1 is 1.28 bits per heavy atom. The first-order chi connectivity index (χ1) is 11.9. The smallest absolute Gasteiger partial charge is 0.245 e. The van der Waals surface area contributed by atoms with Crippen molar-refractivity contribution in [3.63, 3.8) is 0 Å². The highest BCUT2D eigenvalue weighted by Crippen LogP contribution is 2.29. The van der Waals surface area contributed by atoms with Crippen LogP contribution in [0.25, 0.3) is 0 Å². The Hall–Kier alpha value is -2.44. The first kappa shape index (κ1) is 17.4. The Labute approximate surface area is 148 Å². The zero-order valence-corrected chi connectivity index (χ0v) is 15.1. The molecule has 0 spiro atoms. The lowest BCUT2D eigenvalue weighted by Crippen LogP contribution is -2.40. The van der Waals surface area contributed by atoms with E-state index in [0.29, 0.717) is 6.54 Å². The summed E-state index contributed by atoms with van der Waals surface area (Å²) in [5.41, 5.74) is 7.89. The predicted octanol–water partition coefficient (Wildman–Crippen LogP) is 1.66. The zero-order valence-electron chi connectivity index (χ0n) is 15.1. The standard InChI is InChI=1S/C18H26N6O/c1-13-6-4-5-7-15(13)18(2,3)12-24-17(20-21-22-24)23-10-8-14(9-11-23)16(19)25/h4-7,14H,8-12H2,1-3H3,(H2,19,25). The largest absolute Gasteiger partial charge is 0.369 e. The van der Waals surface area contributed by atoms with Crippen molar-refractivity contribution in [1.82, 2.24) is 20.2 Å². The minimum Gasteiger partial charge on any atom is -0.369 e. The van der Waals surface area contributed by atoms with Crippen molar-refractivity contribution in [3.05, 3.63) is 35.4 Å². The predicted molar refractivity (Wildman–Crippen MR) is 96.2 cm³/mol. The fourth-order valence-corrected chi connectivity index (χ4v) is 3.68. The second-order valence-corrected chi connectivity index (χ2v) is 7.50. The van der Waals surface area contributed by atoms with Gasteiger partial charge < -0.3 is 10.6 Å². The number of amides is 1. The van der Waals surface area contributed by atoms with Crippen LogP contribution in [0.3, 0.4) is 0 Å². The third kappa shape index (κ3) is 3.65. The van der Waals surface area contributed by atoms with Gasteiger partial charge in [0.15, 0.2) is 0 Å². The number of carbonyl (C=O) groups excluding carboxylic acids is 1. The molecule has 0 aliphatic carbocycles. The van der Waals surface area contributed by atoms with Crippen molar-refractivity contribution in [2.75, 3.05) is 18.0 Å². The van der Waals surface area contributed by atoms with E-state index in [9.17, 15) is 4.79 Å². The summed E-state index contributed by atoms with van der Waals surface area (Å²) < 4.78 is 1.87. The van der Waals surface area contributed by atoms with Crippen LogP contribution in [0.1, 0.15) is 37.8 Å². The first-order valence-corrected chi connectivity index (χ1v) is 8.75. The molecule has 25 heavy (non-hydrogen) atoms. The second kappa shape index (κ2) is 6.82. The van der Waals surface area contributed by atoms with Crippen LogP contribution in [0.4, 0.5) is 5.95 Å². The Bertz CT molecular complexity index is 746. The third-order valence-electron chi connectivity index (χ3n) is 5.11. The molecular formula is C18H26N6O.